The molecule has 0 spiro atoms. The molecule has 3 N–H and O–H groups in total. The maximum absolute atomic E-state index is 12.2. The summed E-state index contributed by atoms with van der Waals surface area (Å²) in [4.78, 5) is 25.2. The van der Waals surface area contributed by atoms with E-state index < -0.39 is 5.91 Å². The minimum Gasteiger partial charge on any atom is -0.366 e. The van der Waals surface area contributed by atoms with Crippen LogP contribution in [0.2, 0.25) is 0 Å². The Morgan fingerprint density at radius 1 is 1.50 bits per heavy atom. The van der Waals surface area contributed by atoms with E-state index in [4.69, 9.17) is 5.73 Å². The molecule has 1 aliphatic heterocycles. The van der Waals surface area contributed by atoms with Gasteiger partial charge in [0.1, 0.15) is 0 Å². The van der Waals surface area contributed by atoms with E-state index in [0.717, 1.165) is 24.1 Å². The molecule has 0 saturated carbocycles. The normalized spacial score (nSPS) is 19.2. The largest absolute Gasteiger partial charge is 0.366 e. The zero-order valence-electron chi connectivity index (χ0n) is 12.0. The van der Waals surface area contributed by atoms with Crippen LogP contribution in [0, 0.1) is 6.92 Å². The second kappa shape index (κ2) is 6.05. The van der Waals surface area contributed by atoms with Gasteiger partial charge in [-0.25, -0.2) is 0 Å². The Labute approximate surface area is 119 Å². The van der Waals surface area contributed by atoms with Gasteiger partial charge >= 0.3 is 0 Å². The van der Waals surface area contributed by atoms with Gasteiger partial charge < -0.3 is 16.0 Å². The van der Waals surface area contributed by atoms with Gasteiger partial charge in [0.25, 0.3) is 0 Å². The molecule has 0 bridgehead atoms. The van der Waals surface area contributed by atoms with E-state index in [-0.39, 0.29) is 11.9 Å². The number of amides is 2. The number of nitrogens with one attached hydrogen (secondary N) is 1. The number of hydrogen-bond acceptors (Lipinski definition) is 3. The van der Waals surface area contributed by atoms with Gasteiger partial charge in [0.2, 0.25) is 11.8 Å². The van der Waals surface area contributed by atoms with Crippen molar-refractivity contribution in [3.63, 3.8) is 0 Å². The third-order valence-electron chi connectivity index (χ3n) is 3.78. The number of benzene rings is 1. The fraction of sp³-hybridized carbons (Fsp3) is 0.467. The van der Waals surface area contributed by atoms with Gasteiger partial charge in [-0.1, -0.05) is 13.0 Å². The summed E-state index contributed by atoms with van der Waals surface area (Å²) in [6.45, 7) is 6.06. The molecule has 0 aliphatic carbocycles. The van der Waals surface area contributed by atoms with Crippen LogP contribution in [0.4, 0.5) is 0 Å². The fourth-order valence-electron chi connectivity index (χ4n) is 2.50. The van der Waals surface area contributed by atoms with E-state index >= 15 is 0 Å². The third-order valence-corrected chi connectivity index (χ3v) is 3.78. The van der Waals surface area contributed by atoms with Gasteiger partial charge in [0.15, 0.2) is 0 Å². The smallest absolute Gasteiger partial charge is 0.248 e. The number of primary amides is 1. The average Bonchev–Trinajstić information content (AvgIpc) is 2.43. The van der Waals surface area contributed by atoms with Crippen molar-refractivity contribution in [1.82, 2.24) is 10.2 Å². The highest BCUT2D eigenvalue weighted by Crippen LogP contribution is 2.15. The molecular weight excluding hydrogens is 254 g/mol. The zero-order valence-corrected chi connectivity index (χ0v) is 12.0. The van der Waals surface area contributed by atoms with Crippen molar-refractivity contribution in [2.45, 2.75) is 32.9 Å². The highest BCUT2D eigenvalue weighted by atomic mass is 16.2. The maximum Gasteiger partial charge on any atom is 0.248 e. The SMILES string of the molecule is CCC1NCCN(Cc2ccc(C(N)=O)cc2C)C1=O. The predicted molar refractivity (Wildman–Crippen MR) is 77.2 cm³/mol. The molecule has 108 valence electrons. The highest BCUT2D eigenvalue weighted by Gasteiger charge is 2.26. The molecule has 2 rings (SSSR count). The van der Waals surface area contributed by atoms with E-state index in [2.05, 4.69) is 5.32 Å². The summed E-state index contributed by atoms with van der Waals surface area (Å²) in [7, 11) is 0. The number of hydrogen-bond donors (Lipinski definition) is 2. The minimum absolute atomic E-state index is 0.0750. The average molecular weight is 275 g/mol. The van der Waals surface area contributed by atoms with Crippen molar-refractivity contribution in [3.8, 4) is 0 Å². The highest BCUT2D eigenvalue weighted by molar-refractivity contribution is 5.93. The first-order valence-corrected chi connectivity index (χ1v) is 6.94. The van der Waals surface area contributed by atoms with Crippen molar-refractivity contribution < 1.29 is 9.59 Å². The van der Waals surface area contributed by atoms with Crippen molar-refractivity contribution in [1.29, 1.82) is 0 Å². The number of aryl methyl sites for hydroxylation is 1. The molecule has 1 saturated heterocycles. The molecule has 1 aliphatic rings. The van der Waals surface area contributed by atoms with E-state index in [9.17, 15) is 9.59 Å². The summed E-state index contributed by atoms with van der Waals surface area (Å²) >= 11 is 0. The Hall–Kier alpha value is -1.88. The molecule has 0 radical (unpaired) electrons. The summed E-state index contributed by atoms with van der Waals surface area (Å²) in [6, 6.07) is 5.30. The molecule has 1 aromatic rings. The van der Waals surface area contributed by atoms with Crippen LogP contribution < -0.4 is 11.1 Å². The summed E-state index contributed by atoms with van der Waals surface area (Å²) in [5, 5.41) is 3.22. The Morgan fingerprint density at radius 2 is 2.25 bits per heavy atom. The number of rotatable bonds is 4. The molecule has 1 fully saturated rings. The molecule has 0 aromatic heterocycles. The summed E-state index contributed by atoms with van der Waals surface area (Å²) < 4.78 is 0. The number of piperazine rings is 1. The van der Waals surface area contributed by atoms with E-state index in [0.29, 0.717) is 18.7 Å². The number of carbonyl (C=O) groups excluding carboxylic acids is 2. The van der Waals surface area contributed by atoms with Crippen LogP contribution in [0.25, 0.3) is 0 Å². The lowest BCUT2D eigenvalue weighted by molar-refractivity contribution is -0.136. The van der Waals surface area contributed by atoms with E-state index in [1.54, 1.807) is 12.1 Å². The van der Waals surface area contributed by atoms with E-state index in [1.807, 2.05) is 24.8 Å². The third kappa shape index (κ3) is 2.99. The first-order chi connectivity index (χ1) is 9.52. The molecule has 5 nitrogen and oxygen atoms in total. The van der Waals surface area contributed by atoms with Gasteiger partial charge in [-0.2, -0.15) is 0 Å². The van der Waals surface area contributed by atoms with Crippen LogP contribution >= 0.6 is 0 Å². The van der Waals surface area contributed by atoms with Crippen LogP contribution in [0.1, 0.15) is 34.8 Å². The summed E-state index contributed by atoms with van der Waals surface area (Å²) in [5.74, 6) is -0.277. The standard InChI is InChI=1S/C15H21N3O2/c1-3-13-15(20)18(7-6-17-13)9-12-5-4-11(14(16)19)8-10(12)2/h4-5,8,13,17H,3,6-7,9H2,1-2H3,(H2,16,19). The molecule has 1 unspecified atom stereocenters. The maximum atomic E-state index is 12.2. The van der Waals surface area contributed by atoms with Gasteiger partial charge in [-0.3, -0.25) is 9.59 Å². The van der Waals surface area contributed by atoms with Crippen molar-refractivity contribution >= 4 is 11.8 Å². The second-order valence-corrected chi connectivity index (χ2v) is 5.18. The molecule has 1 heterocycles. The van der Waals surface area contributed by atoms with E-state index in [1.165, 1.54) is 0 Å². The van der Waals surface area contributed by atoms with Crippen LogP contribution in [-0.4, -0.2) is 35.8 Å². The number of nitrogens with two attached hydrogens (primary N) is 1. The first-order valence-electron chi connectivity index (χ1n) is 6.94. The molecule has 20 heavy (non-hydrogen) atoms. The number of carbonyl (C=O) groups is 2. The molecule has 2 amide bonds. The Bertz CT molecular complexity index is 528. The predicted octanol–water partition coefficient (Wildman–Crippen LogP) is 0.804. The Kier molecular flexibility index (Phi) is 4.39. The minimum atomic E-state index is -0.427. The van der Waals surface area contributed by atoms with Crippen molar-refractivity contribution in [2.75, 3.05) is 13.1 Å². The summed E-state index contributed by atoms with van der Waals surface area (Å²) in [5.41, 5.74) is 7.81. The number of nitrogens with zero attached hydrogens (tertiary/aromatic N) is 1. The van der Waals surface area contributed by atoms with Gasteiger partial charge in [-0.05, 0) is 36.6 Å². The lowest BCUT2D eigenvalue weighted by Crippen LogP contribution is -2.54. The lowest BCUT2D eigenvalue weighted by atomic mass is 10.0. The van der Waals surface area contributed by atoms with Gasteiger partial charge in [-0.15, -0.1) is 0 Å². The zero-order chi connectivity index (χ0) is 14.7. The van der Waals surface area contributed by atoms with Crippen molar-refractivity contribution in [2.24, 2.45) is 5.73 Å². The first kappa shape index (κ1) is 14.5. The van der Waals surface area contributed by atoms with Crippen LogP contribution in [-0.2, 0) is 11.3 Å². The van der Waals surface area contributed by atoms with Crippen LogP contribution in [0.15, 0.2) is 18.2 Å². The Balaban J connectivity index is 2.13. The van der Waals surface area contributed by atoms with Crippen molar-refractivity contribution in [3.05, 3.63) is 34.9 Å². The van der Waals surface area contributed by atoms with Crippen LogP contribution in [0.5, 0.6) is 0 Å². The molecule has 5 heteroatoms. The summed E-state index contributed by atoms with van der Waals surface area (Å²) in [6.07, 6.45) is 0.801. The molecule has 1 aromatic carbocycles. The Morgan fingerprint density at radius 3 is 2.85 bits per heavy atom. The monoisotopic (exact) mass is 275 g/mol. The molecule has 1 atom stereocenters. The topological polar surface area (TPSA) is 75.4 Å². The lowest BCUT2D eigenvalue weighted by Gasteiger charge is -2.33. The second-order valence-electron chi connectivity index (χ2n) is 5.18. The molecular formula is C15H21N3O2. The quantitative estimate of drug-likeness (QED) is 0.853. The fourth-order valence-corrected chi connectivity index (χ4v) is 2.50. The van der Waals surface area contributed by atoms with Crippen LogP contribution in [0.3, 0.4) is 0 Å². The van der Waals surface area contributed by atoms with Gasteiger partial charge in [0.05, 0.1) is 6.04 Å². The van der Waals surface area contributed by atoms with Gasteiger partial charge in [0, 0.05) is 25.2 Å².